The fraction of sp³-hybridized carbons (Fsp3) is 0. The number of benzene rings is 2. The Morgan fingerprint density at radius 1 is 0.880 bits per heavy atom. The molecule has 0 aliphatic carbocycles. The van der Waals surface area contributed by atoms with Crippen molar-refractivity contribution in [2.45, 2.75) is 4.90 Å². The number of pyridine rings is 1. The van der Waals surface area contributed by atoms with E-state index in [4.69, 9.17) is 5.26 Å². The molecule has 0 saturated carbocycles. The Kier molecular flexibility index (Phi) is 4.64. The molecule has 7 heteroatoms. The molecule has 2 N–H and O–H groups in total. The molecule has 0 radical (unpaired) electrons. The first-order valence-corrected chi connectivity index (χ1v) is 8.86. The summed E-state index contributed by atoms with van der Waals surface area (Å²) in [6.45, 7) is 0. The highest BCUT2D eigenvalue weighted by molar-refractivity contribution is 7.92. The van der Waals surface area contributed by atoms with Crippen molar-refractivity contribution in [3.8, 4) is 6.07 Å². The molecule has 0 aliphatic rings. The van der Waals surface area contributed by atoms with Gasteiger partial charge in [-0.1, -0.05) is 18.2 Å². The van der Waals surface area contributed by atoms with Crippen molar-refractivity contribution in [3.05, 3.63) is 78.5 Å². The standard InChI is InChI=1S/C18H14N4O2S/c19-12-14-6-8-15(9-7-14)21-18-11-10-16(13-20-18)22-25(23,24)17-4-2-1-3-5-17/h1-11,13,22H,(H,20,21). The van der Waals surface area contributed by atoms with Crippen LogP contribution in [0.25, 0.3) is 0 Å². The van der Waals surface area contributed by atoms with Crippen LogP contribution in [0.5, 0.6) is 0 Å². The lowest BCUT2D eigenvalue weighted by Crippen LogP contribution is -2.13. The molecule has 0 amide bonds. The predicted molar refractivity (Wildman–Crippen MR) is 95.9 cm³/mol. The molecular weight excluding hydrogens is 336 g/mol. The van der Waals surface area contributed by atoms with E-state index in [0.717, 1.165) is 5.69 Å². The molecule has 1 aromatic heterocycles. The van der Waals surface area contributed by atoms with Crippen molar-refractivity contribution >= 4 is 27.2 Å². The molecule has 0 aliphatic heterocycles. The molecule has 0 bridgehead atoms. The second kappa shape index (κ2) is 7.03. The number of aromatic nitrogens is 1. The van der Waals surface area contributed by atoms with E-state index in [0.29, 0.717) is 17.1 Å². The van der Waals surface area contributed by atoms with Crippen LogP contribution in [-0.2, 0) is 10.0 Å². The van der Waals surface area contributed by atoms with Crippen LogP contribution in [0.3, 0.4) is 0 Å². The third-order valence-electron chi connectivity index (χ3n) is 3.36. The fourth-order valence-electron chi connectivity index (χ4n) is 2.12. The van der Waals surface area contributed by atoms with E-state index >= 15 is 0 Å². The van der Waals surface area contributed by atoms with E-state index in [-0.39, 0.29) is 4.90 Å². The highest BCUT2D eigenvalue weighted by Crippen LogP contribution is 2.19. The van der Waals surface area contributed by atoms with Crippen LogP contribution in [0, 0.1) is 11.3 Å². The highest BCUT2D eigenvalue weighted by Gasteiger charge is 2.13. The molecular formula is C18H14N4O2S. The fourth-order valence-corrected chi connectivity index (χ4v) is 3.18. The Balaban J connectivity index is 1.71. The van der Waals surface area contributed by atoms with Crippen molar-refractivity contribution in [1.82, 2.24) is 4.98 Å². The highest BCUT2D eigenvalue weighted by atomic mass is 32.2. The van der Waals surface area contributed by atoms with Gasteiger partial charge in [0.25, 0.3) is 10.0 Å². The third kappa shape index (κ3) is 4.13. The van der Waals surface area contributed by atoms with Crippen LogP contribution in [0.1, 0.15) is 5.56 Å². The Hall–Kier alpha value is -3.37. The molecule has 0 fully saturated rings. The van der Waals surface area contributed by atoms with Crippen LogP contribution in [0.4, 0.5) is 17.2 Å². The quantitative estimate of drug-likeness (QED) is 0.734. The van der Waals surface area contributed by atoms with Crippen LogP contribution in [-0.4, -0.2) is 13.4 Å². The van der Waals surface area contributed by atoms with E-state index in [1.807, 2.05) is 0 Å². The SMILES string of the molecule is N#Cc1ccc(Nc2ccc(NS(=O)(=O)c3ccccc3)cn2)cc1. The number of rotatable bonds is 5. The van der Waals surface area contributed by atoms with Crippen LogP contribution in [0.15, 0.2) is 77.8 Å². The molecule has 0 atom stereocenters. The number of hydrogen-bond donors (Lipinski definition) is 2. The lowest BCUT2D eigenvalue weighted by molar-refractivity contribution is 0.601. The molecule has 25 heavy (non-hydrogen) atoms. The Bertz CT molecular complexity index is 994. The zero-order valence-corrected chi connectivity index (χ0v) is 13.9. The minimum absolute atomic E-state index is 0.190. The van der Waals surface area contributed by atoms with Gasteiger partial charge in [-0.15, -0.1) is 0 Å². The maximum Gasteiger partial charge on any atom is 0.261 e. The van der Waals surface area contributed by atoms with Gasteiger partial charge < -0.3 is 5.32 Å². The van der Waals surface area contributed by atoms with E-state index in [9.17, 15) is 8.42 Å². The maximum atomic E-state index is 12.3. The van der Waals surface area contributed by atoms with Crippen molar-refractivity contribution in [1.29, 1.82) is 5.26 Å². The Labute approximate surface area is 145 Å². The van der Waals surface area contributed by atoms with Crippen molar-refractivity contribution in [2.75, 3.05) is 10.0 Å². The Morgan fingerprint density at radius 3 is 2.16 bits per heavy atom. The van der Waals surface area contributed by atoms with Gasteiger partial charge in [0.2, 0.25) is 0 Å². The van der Waals surface area contributed by atoms with Gasteiger partial charge in [-0.25, -0.2) is 13.4 Å². The van der Waals surface area contributed by atoms with Gasteiger partial charge in [-0.05, 0) is 48.5 Å². The number of sulfonamides is 1. The van der Waals surface area contributed by atoms with Crippen molar-refractivity contribution in [3.63, 3.8) is 0 Å². The summed E-state index contributed by atoms with van der Waals surface area (Å²) in [5, 5.41) is 11.9. The topological polar surface area (TPSA) is 94.9 Å². The summed E-state index contributed by atoms with van der Waals surface area (Å²) in [5.41, 5.74) is 1.72. The predicted octanol–water partition coefficient (Wildman–Crippen LogP) is 3.50. The second-order valence-corrected chi connectivity index (χ2v) is 6.85. The smallest absolute Gasteiger partial charge is 0.261 e. The van der Waals surface area contributed by atoms with Gasteiger partial charge in [0, 0.05) is 5.69 Å². The van der Waals surface area contributed by atoms with Gasteiger partial charge >= 0.3 is 0 Å². The molecule has 0 unspecified atom stereocenters. The number of anilines is 3. The normalized spacial score (nSPS) is 10.7. The van der Waals surface area contributed by atoms with Gasteiger partial charge in [0.1, 0.15) is 5.82 Å². The van der Waals surface area contributed by atoms with Gasteiger partial charge in [0.15, 0.2) is 0 Å². The average molecular weight is 350 g/mol. The molecule has 124 valence electrons. The summed E-state index contributed by atoms with van der Waals surface area (Å²) in [4.78, 5) is 4.38. The molecule has 0 spiro atoms. The first-order valence-electron chi connectivity index (χ1n) is 7.38. The zero-order chi connectivity index (χ0) is 17.7. The summed E-state index contributed by atoms with van der Waals surface area (Å²) in [5.74, 6) is 0.562. The summed E-state index contributed by atoms with van der Waals surface area (Å²) < 4.78 is 27.0. The monoisotopic (exact) mass is 350 g/mol. The van der Waals surface area contributed by atoms with Gasteiger partial charge in [0.05, 0.1) is 28.4 Å². The van der Waals surface area contributed by atoms with Gasteiger partial charge in [-0.3, -0.25) is 4.72 Å². The number of nitriles is 1. The average Bonchev–Trinajstić information content (AvgIpc) is 2.64. The van der Waals surface area contributed by atoms with Crippen molar-refractivity contribution < 1.29 is 8.42 Å². The molecule has 2 aromatic carbocycles. The lowest BCUT2D eigenvalue weighted by atomic mass is 10.2. The number of nitrogens with one attached hydrogen (secondary N) is 2. The lowest BCUT2D eigenvalue weighted by Gasteiger charge is -2.09. The summed E-state index contributed by atoms with van der Waals surface area (Å²) in [6.07, 6.45) is 1.44. The van der Waals surface area contributed by atoms with E-state index in [1.165, 1.54) is 18.3 Å². The first-order chi connectivity index (χ1) is 12.1. The molecule has 0 saturated heterocycles. The second-order valence-electron chi connectivity index (χ2n) is 5.16. The first kappa shape index (κ1) is 16.5. The molecule has 6 nitrogen and oxygen atoms in total. The number of nitrogens with zero attached hydrogens (tertiary/aromatic N) is 2. The minimum atomic E-state index is -3.63. The zero-order valence-electron chi connectivity index (χ0n) is 13.0. The molecule has 3 rings (SSSR count). The summed E-state index contributed by atoms with van der Waals surface area (Å²) in [7, 11) is -3.63. The third-order valence-corrected chi connectivity index (χ3v) is 4.75. The van der Waals surface area contributed by atoms with Crippen LogP contribution < -0.4 is 10.0 Å². The van der Waals surface area contributed by atoms with E-state index in [2.05, 4.69) is 21.1 Å². The largest absolute Gasteiger partial charge is 0.340 e. The molecule has 1 heterocycles. The molecule has 3 aromatic rings. The Morgan fingerprint density at radius 2 is 1.56 bits per heavy atom. The van der Waals surface area contributed by atoms with E-state index in [1.54, 1.807) is 54.6 Å². The van der Waals surface area contributed by atoms with Crippen molar-refractivity contribution in [2.24, 2.45) is 0 Å². The summed E-state index contributed by atoms with van der Waals surface area (Å²) >= 11 is 0. The van der Waals surface area contributed by atoms with Crippen LogP contribution in [0.2, 0.25) is 0 Å². The van der Waals surface area contributed by atoms with Crippen LogP contribution >= 0.6 is 0 Å². The maximum absolute atomic E-state index is 12.3. The van der Waals surface area contributed by atoms with E-state index < -0.39 is 10.0 Å². The van der Waals surface area contributed by atoms with Gasteiger partial charge in [-0.2, -0.15) is 5.26 Å². The number of hydrogen-bond acceptors (Lipinski definition) is 5. The summed E-state index contributed by atoms with van der Waals surface area (Å²) in [6, 6.07) is 20.4. The minimum Gasteiger partial charge on any atom is -0.340 e.